The van der Waals surface area contributed by atoms with Gasteiger partial charge in [-0.3, -0.25) is 9.59 Å². The third kappa shape index (κ3) is 4.84. The molecule has 0 radical (unpaired) electrons. The van der Waals surface area contributed by atoms with E-state index < -0.39 is 12.6 Å². The van der Waals surface area contributed by atoms with Gasteiger partial charge in [0.15, 0.2) is 6.61 Å². The second-order valence-corrected chi connectivity index (χ2v) is 8.26. The Hall–Kier alpha value is -3.03. The van der Waals surface area contributed by atoms with Crippen LogP contribution in [0.4, 0.5) is 0 Å². The summed E-state index contributed by atoms with van der Waals surface area (Å²) in [6.07, 6.45) is 0. The summed E-state index contributed by atoms with van der Waals surface area (Å²) >= 11 is 1.31. The maximum Gasteiger partial charge on any atom is 0.339 e. The maximum absolute atomic E-state index is 12.8. The summed E-state index contributed by atoms with van der Waals surface area (Å²) in [5, 5.41) is 1.80. The number of aryl methyl sites for hydroxylation is 1. The van der Waals surface area contributed by atoms with Crippen LogP contribution >= 0.6 is 11.3 Å². The van der Waals surface area contributed by atoms with Crippen molar-refractivity contribution in [3.05, 3.63) is 80.8 Å². The fourth-order valence-electron chi connectivity index (χ4n) is 3.74. The number of ketones is 2. The molecule has 0 aliphatic carbocycles. The number of carbonyl (C=O) groups excluding carboxylic acids is 3. The molecule has 1 atom stereocenters. The Kier molecular flexibility index (Phi) is 7.20. The van der Waals surface area contributed by atoms with E-state index in [1.165, 1.54) is 17.4 Å². The molecule has 0 bridgehead atoms. The first-order valence-electron chi connectivity index (χ1n) is 9.90. The number of methoxy groups -OCH3 is 1. The van der Waals surface area contributed by atoms with E-state index in [4.69, 9.17) is 9.47 Å². The van der Waals surface area contributed by atoms with Gasteiger partial charge >= 0.3 is 5.97 Å². The van der Waals surface area contributed by atoms with Gasteiger partial charge in [-0.15, -0.1) is 11.3 Å². The first kappa shape index (κ1) is 22.7. The molecule has 1 unspecified atom stereocenters. The van der Waals surface area contributed by atoms with Crippen molar-refractivity contribution >= 4 is 28.9 Å². The Morgan fingerprint density at radius 2 is 1.74 bits per heavy atom. The van der Waals surface area contributed by atoms with E-state index in [1.54, 1.807) is 48.9 Å². The monoisotopic (exact) mass is 439 g/mol. The number of thiophene rings is 1. The highest BCUT2D eigenvalue weighted by atomic mass is 32.1. The fraction of sp³-hybridized carbons (Fsp3) is 0.292. The number of nitrogens with zero attached hydrogens (tertiary/aromatic N) is 1. The van der Waals surface area contributed by atoms with E-state index in [0.29, 0.717) is 17.0 Å². The molecule has 0 N–H and O–H groups in total. The smallest absolute Gasteiger partial charge is 0.339 e. The third-order valence-electron chi connectivity index (χ3n) is 5.10. The average Bonchev–Trinajstić information content (AvgIpc) is 3.39. The summed E-state index contributed by atoms with van der Waals surface area (Å²) in [5.41, 5.74) is 2.65. The van der Waals surface area contributed by atoms with Gasteiger partial charge in [0, 0.05) is 29.6 Å². The number of hydrogen-bond acceptors (Lipinski definition) is 6. The van der Waals surface area contributed by atoms with E-state index >= 15 is 0 Å². The van der Waals surface area contributed by atoms with Crippen LogP contribution in [0.2, 0.25) is 0 Å². The molecule has 6 nitrogen and oxygen atoms in total. The molecule has 7 heteroatoms. The zero-order valence-corrected chi connectivity index (χ0v) is 18.8. The van der Waals surface area contributed by atoms with Gasteiger partial charge in [0.25, 0.3) is 0 Å². The molecule has 3 aromatic rings. The van der Waals surface area contributed by atoms with Crippen LogP contribution in [0.15, 0.2) is 47.8 Å². The number of rotatable bonds is 9. The van der Waals surface area contributed by atoms with Crippen molar-refractivity contribution in [2.75, 3.05) is 20.3 Å². The van der Waals surface area contributed by atoms with Gasteiger partial charge < -0.3 is 14.0 Å². The van der Waals surface area contributed by atoms with Gasteiger partial charge in [-0.05, 0) is 44.4 Å². The molecule has 0 saturated carbocycles. The van der Waals surface area contributed by atoms with Crippen molar-refractivity contribution in [3.8, 4) is 0 Å². The van der Waals surface area contributed by atoms with Crippen LogP contribution in [0.1, 0.15) is 60.3 Å². The number of esters is 1. The lowest BCUT2D eigenvalue weighted by atomic mass is 10.0. The second kappa shape index (κ2) is 9.85. The largest absolute Gasteiger partial charge is 0.454 e. The minimum absolute atomic E-state index is 0.0734. The maximum atomic E-state index is 12.8. The van der Waals surface area contributed by atoms with Crippen LogP contribution in [0.5, 0.6) is 0 Å². The van der Waals surface area contributed by atoms with Crippen LogP contribution in [-0.2, 0) is 9.47 Å². The summed E-state index contributed by atoms with van der Waals surface area (Å²) < 4.78 is 12.5. The molecule has 0 aliphatic heterocycles. The van der Waals surface area contributed by atoms with E-state index in [2.05, 4.69) is 0 Å². The van der Waals surface area contributed by atoms with Gasteiger partial charge in [0.1, 0.15) is 0 Å². The molecular formula is C24H25NO5S. The number of Topliss-reactive ketones (excluding diaryl/α,β-unsaturated/α-hetero) is 1. The van der Waals surface area contributed by atoms with Crippen LogP contribution < -0.4 is 0 Å². The Balaban J connectivity index is 1.75. The number of ether oxygens (including phenoxy) is 2. The number of aromatic nitrogens is 1. The Morgan fingerprint density at radius 1 is 1.03 bits per heavy atom. The lowest BCUT2D eigenvalue weighted by Crippen LogP contribution is -2.18. The number of benzene rings is 1. The first-order chi connectivity index (χ1) is 14.8. The van der Waals surface area contributed by atoms with Gasteiger partial charge in [0.2, 0.25) is 11.6 Å². The normalized spacial score (nSPS) is 11.9. The van der Waals surface area contributed by atoms with E-state index in [0.717, 1.165) is 11.4 Å². The summed E-state index contributed by atoms with van der Waals surface area (Å²) in [7, 11) is 1.64. The minimum Gasteiger partial charge on any atom is -0.454 e. The van der Waals surface area contributed by atoms with Crippen molar-refractivity contribution in [1.82, 2.24) is 4.57 Å². The van der Waals surface area contributed by atoms with Crippen molar-refractivity contribution in [2.24, 2.45) is 0 Å². The lowest BCUT2D eigenvalue weighted by molar-refractivity contribution is 0.0472. The zero-order chi connectivity index (χ0) is 22.5. The standard InChI is InChI=1S/C24H25NO5S/c1-15-12-20(17(3)25(15)16(2)13-29-4)21(26)14-30-24(28)19-9-6-5-8-18(19)23(27)22-10-7-11-31-22/h5-12,16H,13-14H2,1-4H3. The number of hydrogen-bond donors (Lipinski definition) is 0. The highest BCUT2D eigenvalue weighted by Gasteiger charge is 2.23. The van der Waals surface area contributed by atoms with Gasteiger partial charge in [0.05, 0.1) is 23.1 Å². The summed E-state index contributed by atoms with van der Waals surface area (Å²) in [4.78, 5) is 38.7. The first-order valence-corrected chi connectivity index (χ1v) is 10.8. The Morgan fingerprint density at radius 3 is 2.39 bits per heavy atom. The van der Waals surface area contributed by atoms with Gasteiger partial charge in [-0.25, -0.2) is 4.79 Å². The predicted molar refractivity (Wildman–Crippen MR) is 119 cm³/mol. The molecule has 0 amide bonds. The van der Waals surface area contributed by atoms with E-state index in [1.807, 2.05) is 25.3 Å². The average molecular weight is 440 g/mol. The quantitative estimate of drug-likeness (QED) is 0.359. The summed E-state index contributed by atoms with van der Waals surface area (Å²) in [6.45, 7) is 5.92. The van der Waals surface area contributed by atoms with Crippen molar-refractivity contribution < 1.29 is 23.9 Å². The van der Waals surface area contributed by atoms with E-state index in [9.17, 15) is 14.4 Å². The second-order valence-electron chi connectivity index (χ2n) is 7.31. The molecule has 0 fully saturated rings. The minimum atomic E-state index is -0.699. The molecule has 1 aromatic carbocycles. The molecule has 0 spiro atoms. The number of carbonyl (C=O) groups is 3. The molecule has 2 aromatic heterocycles. The summed E-state index contributed by atoms with van der Waals surface area (Å²) in [5.74, 6) is -1.24. The van der Waals surface area contributed by atoms with Crippen molar-refractivity contribution in [2.45, 2.75) is 26.8 Å². The van der Waals surface area contributed by atoms with Crippen LogP contribution in [0, 0.1) is 13.8 Å². The van der Waals surface area contributed by atoms with Crippen molar-refractivity contribution in [3.63, 3.8) is 0 Å². The molecule has 0 saturated heterocycles. The fourth-order valence-corrected chi connectivity index (χ4v) is 4.42. The molecular weight excluding hydrogens is 414 g/mol. The molecule has 3 rings (SSSR count). The van der Waals surface area contributed by atoms with Gasteiger partial charge in [-0.1, -0.05) is 24.3 Å². The molecule has 2 heterocycles. The predicted octanol–water partition coefficient (Wildman–Crippen LogP) is 4.64. The lowest BCUT2D eigenvalue weighted by Gasteiger charge is -2.17. The SMILES string of the molecule is COCC(C)n1c(C)cc(C(=O)COC(=O)c2ccccc2C(=O)c2cccs2)c1C. The Bertz CT molecular complexity index is 1100. The van der Waals surface area contributed by atoms with Crippen LogP contribution in [-0.4, -0.2) is 42.4 Å². The van der Waals surface area contributed by atoms with Crippen molar-refractivity contribution in [1.29, 1.82) is 0 Å². The highest BCUT2D eigenvalue weighted by molar-refractivity contribution is 7.12. The third-order valence-corrected chi connectivity index (χ3v) is 5.97. The summed E-state index contributed by atoms with van der Waals surface area (Å²) in [6, 6.07) is 11.8. The zero-order valence-electron chi connectivity index (χ0n) is 18.0. The van der Waals surface area contributed by atoms with Crippen LogP contribution in [0.25, 0.3) is 0 Å². The Labute approximate surface area is 185 Å². The van der Waals surface area contributed by atoms with E-state index in [-0.39, 0.29) is 28.7 Å². The van der Waals surface area contributed by atoms with Gasteiger partial charge in [-0.2, -0.15) is 0 Å². The highest BCUT2D eigenvalue weighted by Crippen LogP contribution is 2.22. The molecule has 162 valence electrons. The topological polar surface area (TPSA) is 74.6 Å². The van der Waals surface area contributed by atoms with Crippen LogP contribution in [0.3, 0.4) is 0 Å². The molecule has 0 aliphatic rings. The molecule has 31 heavy (non-hydrogen) atoms.